The Hall–Kier alpha value is -4.57. The number of aromatic carboxylic acids is 1. The van der Waals surface area contributed by atoms with Gasteiger partial charge in [-0.15, -0.1) is 0 Å². The quantitative estimate of drug-likeness (QED) is 0.344. The van der Waals surface area contributed by atoms with Crippen LogP contribution in [0.2, 0.25) is 0 Å². The number of halogens is 1. The van der Waals surface area contributed by atoms with Gasteiger partial charge in [0, 0.05) is 17.2 Å². The van der Waals surface area contributed by atoms with Crippen LogP contribution in [-0.2, 0) is 9.53 Å². The van der Waals surface area contributed by atoms with Crippen molar-refractivity contribution in [2.24, 2.45) is 4.99 Å². The van der Waals surface area contributed by atoms with Gasteiger partial charge in [0.2, 0.25) is 0 Å². The van der Waals surface area contributed by atoms with Crippen LogP contribution in [0.25, 0.3) is 17.4 Å². The normalized spacial score (nSPS) is 15.2. The van der Waals surface area contributed by atoms with Gasteiger partial charge in [-0.05, 0) is 56.2 Å². The molecule has 0 radical (unpaired) electrons. The van der Waals surface area contributed by atoms with Gasteiger partial charge in [-0.25, -0.2) is 14.2 Å². The predicted octanol–water partition coefficient (Wildman–Crippen LogP) is 2.87. The lowest BCUT2D eigenvalue weighted by molar-refractivity contribution is -0.255. The monoisotopic (exact) mass is 545 g/mol. The molecule has 0 spiro atoms. The molecule has 8 nitrogen and oxygen atoms in total. The van der Waals surface area contributed by atoms with Crippen molar-refractivity contribution in [3.63, 3.8) is 0 Å². The molecule has 0 bridgehead atoms. The largest absolute Gasteiger partial charge is 0.545 e. The summed E-state index contributed by atoms with van der Waals surface area (Å²) in [7, 11) is 0. The molecule has 4 aromatic rings. The third kappa shape index (κ3) is 4.74. The summed E-state index contributed by atoms with van der Waals surface area (Å²) in [4.78, 5) is 42.9. The molecule has 3 heterocycles. The highest BCUT2D eigenvalue weighted by atomic mass is 32.1. The summed E-state index contributed by atoms with van der Waals surface area (Å²) >= 11 is 1.13. The Morgan fingerprint density at radius 2 is 1.90 bits per heavy atom. The topological polar surface area (TPSA) is 114 Å². The number of fused-ring (bicyclic) bond motifs is 1. The van der Waals surface area contributed by atoms with Crippen LogP contribution in [0.5, 0.6) is 0 Å². The molecule has 2 aromatic heterocycles. The van der Waals surface area contributed by atoms with E-state index < -0.39 is 29.4 Å². The predicted molar refractivity (Wildman–Crippen MR) is 140 cm³/mol. The van der Waals surface area contributed by atoms with Crippen LogP contribution in [-0.4, -0.2) is 23.1 Å². The van der Waals surface area contributed by atoms with Crippen LogP contribution in [0.1, 0.15) is 47.1 Å². The number of hydrogen-bond acceptors (Lipinski definition) is 8. The third-order valence-corrected chi connectivity index (χ3v) is 7.41. The molecule has 0 aliphatic carbocycles. The number of carboxylic acids is 1. The maximum absolute atomic E-state index is 13.7. The lowest BCUT2D eigenvalue weighted by Crippen LogP contribution is -2.39. The minimum atomic E-state index is -1.28. The Morgan fingerprint density at radius 3 is 2.59 bits per heavy atom. The minimum absolute atomic E-state index is 0.0623. The van der Waals surface area contributed by atoms with Crippen LogP contribution >= 0.6 is 11.3 Å². The summed E-state index contributed by atoms with van der Waals surface area (Å²) in [5.41, 5.74) is 1.88. The van der Waals surface area contributed by atoms with Crippen LogP contribution in [0.15, 0.2) is 80.1 Å². The van der Waals surface area contributed by atoms with E-state index in [1.54, 1.807) is 51.1 Å². The Labute approximate surface area is 225 Å². The number of ether oxygens (including phenoxy) is 1. The highest BCUT2D eigenvalue weighted by Crippen LogP contribution is 2.31. The van der Waals surface area contributed by atoms with Gasteiger partial charge in [0.1, 0.15) is 17.3 Å². The van der Waals surface area contributed by atoms with Crippen LogP contribution in [0.4, 0.5) is 4.39 Å². The number of nitrogens with zero attached hydrogens (tertiary/aromatic N) is 2. The lowest BCUT2D eigenvalue weighted by Gasteiger charge is -2.24. The first-order chi connectivity index (χ1) is 18.7. The van der Waals surface area contributed by atoms with E-state index in [-0.39, 0.29) is 17.7 Å². The average Bonchev–Trinajstić information content (AvgIpc) is 3.48. The van der Waals surface area contributed by atoms with Crippen LogP contribution in [0, 0.1) is 12.7 Å². The third-order valence-electron chi connectivity index (χ3n) is 6.42. The molecule has 0 saturated carbocycles. The fourth-order valence-electron chi connectivity index (χ4n) is 4.58. The zero-order valence-electron chi connectivity index (χ0n) is 21.2. The molecule has 10 heteroatoms. The molecule has 1 atom stereocenters. The van der Waals surface area contributed by atoms with Crippen molar-refractivity contribution in [3.05, 3.63) is 114 Å². The van der Waals surface area contributed by atoms with Crippen molar-refractivity contribution in [1.82, 2.24) is 4.57 Å². The summed E-state index contributed by atoms with van der Waals surface area (Å²) in [6.07, 6.45) is 1.57. The number of carboxylic acid groups (broad SMARTS) is 1. The Kier molecular flexibility index (Phi) is 6.88. The number of aromatic nitrogens is 1. The first kappa shape index (κ1) is 26.1. The van der Waals surface area contributed by atoms with Gasteiger partial charge < -0.3 is 19.1 Å². The zero-order valence-corrected chi connectivity index (χ0v) is 22.0. The van der Waals surface area contributed by atoms with E-state index >= 15 is 0 Å². The molecule has 0 amide bonds. The van der Waals surface area contributed by atoms with Crippen molar-refractivity contribution >= 4 is 29.4 Å². The SMILES string of the molecule is CCOC(=O)C1=C(C)N=c2s/c(=C\c3ccc(-c4cccc(C(=O)[O-])c4C)o3)c(=O)n2[C@H]1c1ccc(F)cc1. The molecule has 0 N–H and O–H groups in total. The molecule has 198 valence electrons. The van der Waals surface area contributed by atoms with Gasteiger partial charge in [0.25, 0.3) is 5.56 Å². The number of carbonyl (C=O) groups is 2. The second-order valence-corrected chi connectivity index (χ2v) is 9.83. The van der Waals surface area contributed by atoms with E-state index in [4.69, 9.17) is 9.15 Å². The van der Waals surface area contributed by atoms with Gasteiger partial charge in [-0.1, -0.05) is 41.7 Å². The molecule has 1 aliphatic rings. The first-order valence-electron chi connectivity index (χ1n) is 12.1. The number of rotatable bonds is 6. The summed E-state index contributed by atoms with van der Waals surface area (Å²) in [6.45, 7) is 5.16. The van der Waals surface area contributed by atoms with Gasteiger partial charge in [-0.3, -0.25) is 9.36 Å². The number of esters is 1. The minimum Gasteiger partial charge on any atom is -0.545 e. The smallest absolute Gasteiger partial charge is 0.338 e. The van der Waals surface area contributed by atoms with E-state index in [0.29, 0.717) is 43.2 Å². The van der Waals surface area contributed by atoms with Crippen molar-refractivity contribution in [3.8, 4) is 11.3 Å². The lowest BCUT2D eigenvalue weighted by atomic mass is 9.96. The van der Waals surface area contributed by atoms with Crippen LogP contribution < -0.4 is 20.0 Å². The van der Waals surface area contributed by atoms with E-state index in [9.17, 15) is 23.9 Å². The fraction of sp³-hybridized carbons (Fsp3) is 0.172. The Bertz CT molecular complexity index is 1830. The highest BCUT2D eigenvalue weighted by molar-refractivity contribution is 7.07. The number of furan rings is 1. The molecule has 0 saturated heterocycles. The maximum atomic E-state index is 13.7. The first-order valence-corrected chi connectivity index (χ1v) is 12.9. The maximum Gasteiger partial charge on any atom is 0.338 e. The Balaban J connectivity index is 1.63. The second-order valence-electron chi connectivity index (χ2n) is 8.82. The number of hydrogen-bond donors (Lipinski definition) is 0. The number of benzene rings is 2. The number of thiazole rings is 1. The van der Waals surface area contributed by atoms with Crippen molar-refractivity contribution in [2.75, 3.05) is 6.61 Å². The van der Waals surface area contributed by atoms with E-state index in [0.717, 1.165) is 11.3 Å². The van der Waals surface area contributed by atoms with Gasteiger partial charge in [-0.2, -0.15) is 0 Å². The average molecular weight is 546 g/mol. The molecule has 1 aliphatic heterocycles. The van der Waals surface area contributed by atoms with Crippen molar-refractivity contribution < 1.29 is 28.2 Å². The molecule has 0 unspecified atom stereocenters. The van der Waals surface area contributed by atoms with E-state index in [1.165, 1.54) is 34.9 Å². The molecular formula is C29H22FN2O6S-. The molecule has 39 heavy (non-hydrogen) atoms. The van der Waals surface area contributed by atoms with Gasteiger partial charge in [0.15, 0.2) is 4.80 Å². The van der Waals surface area contributed by atoms with Gasteiger partial charge in [0.05, 0.1) is 34.4 Å². The Morgan fingerprint density at radius 1 is 1.15 bits per heavy atom. The van der Waals surface area contributed by atoms with Crippen molar-refractivity contribution in [2.45, 2.75) is 26.8 Å². The molecular weight excluding hydrogens is 523 g/mol. The molecule has 2 aromatic carbocycles. The summed E-state index contributed by atoms with van der Waals surface area (Å²) in [6, 6.07) is 12.9. The van der Waals surface area contributed by atoms with Crippen molar-refractivity contribution in [1.29, 1.82) is 0 Å². The fourth-order valence-corrected chi connectivity index (χ4v) is 5.61. The summed E-state index contributed by atoms with van der Waals surface area (Å²) in [5.74, 6) is -1.53. The highest BCUT2D eigenvalue weighted by Gasteiger charge is 2.33. The molecule has 0 fully saturated rings. The molecule has 5 rings (SSSR count). The number of allylic oxidation sites excluding steroid dienone is 1. The second kappa shape index (κ2) is 10.3. The van der Waals surface area contributed by atoms with Gasteiger partial charge >= 0.3 is 5.97 Å². The summed E-state index contributed by atoms with van der Waals surface area (Å²) < 4.78 is 26.6. The van der Waals surface area contributed by atoms with E-state index in [2.05, 4.69) is 4.99 Å². The van der Waals surface area contributed by atoms with E-state index in [1.807, 2.05) is 0 Å². The van der Waals surface area contributed by atoms with Crippen LogP contribution in [0.3, 0.4) is 0 Å². The zero-order chi connectivity index (χ0) is 27.8. The number of carbonyl (C=O) groups excluding carboxylic acids is 2. The summed E-state index contributed by atoms with van der Waals surface area (Å²) in [5, 5.41) is 11.4. The standard InChI is InChI=1S/C29H23FN2O6S/c1-4-37-28(36)24-16(3)31-29-32(25(24)17-8-10-18(30)11-9-17)26(33)23(39-29)14-19-12-13-22(38-19)20-6-5-7-21(15(20)2)27(34)35/h5-14,25H,4H2,1-3H3,(H,34,35)/p-1/b23-14-/t25-/m0/s1.